The number of hydrogen-bond donors (Lipinski definition) is 1. The maximum atomic E-state index is 12.3. The first-order valence-corrected chi connectivity index (χ1v) is 6.95. The summed E-state index contributed by atoms with van der Waals surface area (Å²) in [6.07, 6.45) is 0. The van der Waals surface area contributed by atoms with Crippen LogP contribution >= 0.6 is 0 Å². The van der Waals surface area contributed by atoms with Gasteiger partial charge in [0.05, 0.1) is 5.69 Å². The van der Waals surface area contributed by atoms with Crippen LogP contribution in [0.2, 0.25) is 0 Å². The number of nitrogens with zero attached hydrogens (tertiary/aromatic N) is 2. The van der Waals surface area contributed by atoms with Crippen LogP contribution in [0.4, 0.5) is 20.3 Å². The van der Waals surface area contributed by atoms with Gasteiger partial charge in [0.15, 0.2) is 6.61 Å². The van der Waals surface area contributed by atoms with Gasteiger partial charge < -0.3 is 24.9 Å². The molecule has 0 aliphatic heterocycles. The molecule has 0 saturated heterocycles. The van der Waals surface area contributed by atoms with Gasteiger partial charge in [0, 0.05) is 6.92 Å². The van der Waals surface area contributed by atoms with Gasteiger partial charge in [0.25, 0.3) is 5.91 Å². The van der Waals surface area contributed by atoms with Gasteiger partial charge in [0.2, 0.25) is 5.75 Å². The molecule has 0 unspecified atom stereocenters. The standard InChI is InChI=1S/C15H13F2N3O5/c1-9-6-7-12(14(18-9)20(22)23)24-8-13(21)19-10-4-2-3-5-11(10)25-15(16)17/h2-7,15H,8H2,1H3,(H,19,21). The number of pyridine rings is 1. The fourth-order valence-corrected chi connectivity index (χ4v) is 1.87. The summed E-state index contributed by atoms with van der Waals surface area (Å²) in [7, 11) is 0. The van der Waals surface area contributed by atoms with Crippen LogP contribution in [0, 0.1) is 17.0 Å². The molecule has 25 heavy (non-hydrogen) atoms. The molecule has 0 aliphatic rings. The quantitative estimate of drug-likeness (QED) is 0.606. The predicted octanol–water partition coefficient (Wildman–Crippen LogP) is 2.92. The second-order valence-corrected chi connectivity index (χ2v) is 4.74. The Bertz CT molecular complexity index is 786. The van der Waals surface area contributed by atoms with Crippen molar-refractivity contribution in [1.82, 2.24) is 4.98 Å². The van der Waals surface area contributed by atoms with E-state index in [1.165, 1.54) is 36.4 Å². The maximum Gasteiger partial charge on any atom is 0.406 e. The van der Waals surface area contributed by atoms with Gasteiger partial charge in [-0.05, 0) is 34.2 Å². The second kappa shape index (κ2) is 7.99. The number of carbonyl (C=O) groups excluding carboxylic acids is 1. The van der Waals surface area contributed by atoms with Gasteiger partial charge in [-0.2, -0.15) is 8.78 Å². The molecule has 8 nitrogen and oxygen atoms in total. The van der Waals surface area contributed by atoms with E-state index in [2.05, 4.69) is 15.0 Å². The predicted molar refractivity (Wildman–Crippen MR) is 82.8 cm³/mol. The molecule has 1 heterocycles. The zero-order chi connectivity index (χ0) is 18.4. The Morgan fingerprint density at radius 3 is 2.68 bits per heavy atom. The van der Waals surface area contributed by atoms with Crippen molar-refractivity contribution in [3.8, 4) is 11.5 Å². The smallest absolute Gasteiger partial charge is 0.406 e. The first-order valence-electron chi connectivity index (χ1n) is 6.95. The Labute approximate surface area is 140 Å². The minimum Gasteiger partial charge on any atom is -0.476 e. The van der Waals surface area contributed by atoms with Crippen molar-refractivity contribution in [3.05, 3.63) is 52.2 Å². The summed E-state index contributed by atoms with van der Waals surface area (Å²) in [5, 5.41) is 13.3. The molecule has 0 aliphatic carbocycles. The van der Waals surface area contributed by atoms with Gasteiger partial charge in [-0.25, -0.2) is 0 Å². The SMILES string of the molecule is Cc1ccc(OCC(=O)Nc2ccccc2OC(F)F)c([N+](=O)[O-])n1. The van der Waals surface area contributed by atoms with Crippen LogP contribution in [0.25, 0.3) is 0 Å². The van der Waals surface area contributed by atoms with Crippen molar-refractivity contribution in [1.29, 1.82) is 0 Å². The number of aryl methyl sites for hydroxylation is 1. The molecule has 1 aromatic carbocycles. The van der Waals surface area contributed by atoms with E-state index >= 15 is 0 Å². The third kappa shape index (κ3) is 5.09. The number of nitrogens with one attached hydrogen (secondary N) is 1. The molecule has 0 radical (unpaired) electrons. The average Bonchev–Trinajstić information content (AvgIpc) is 2.55. The lowest BCUT2D eigenvalue weighted by Gasteiger charge is -2.12. The summed E-state index contributed by atoms with van der Waals surface area (Å²) in [4.78, 5) is 25.8. The molecule has 2 aromatic rings. The molecule has 10 heteroatoms. The highest BCUT2D eigenvalue weighted by atomic mass is 19.3. The van der Waals surface area contributed by atoms with Crippen LogP contribution in [0.3, 0.4) is 0 Å². The van der Waals surface area contributed by atoms with Crippen molar-refractivity contribution in [2.45, 2.75) is 13.5 Å². The molecular formula is C15H13F2N3O5. The Hall–Kier alpha value is -3.30. The maximum absolute atomic E-state index is 12.3. The zero-order valence-corrected chi connectivity index (χ0v) is 12.9. The fourth-order valence-electron chi connectivity index (χ4n) is 1.87. The lowest BCUT2D eigenvalue weighted by atomic mass is 10.3. The highest BCUT2D eigenvalue weighted by molar-refractivity contribution is 5.93. The van der Waals surface area contributed by atoms with E-state index in [0.29, 0.717) is 5.69 Å². The van der Waals surface area contributed by atoms with E-state index in [1.807, 2.05) is 0 Å². The van der Waals surface area contributed by atoms with Crippen LogP contribution in [-0.4, -0.2) is 29.0 Å². The zero-order valence-electron chi connectivity index (χ0n) is 12.9. The lowest BCUT2D eigenvalue weighted by molar-refractivity contribution is -0.390. The minimum atomic E-state index is -3.05. The number of amides is 1. The molecule has 1 N–H and O–H groups in total. The number of benzene rings is 1. The van der Waals surface area contributed by atoms with Gasteiger partial charge in [-0.3, -0.25) is 4.79 Å². The number of rotatable bonds is 7. The van der Waals surface area contributed by atoms with Crippen LogP contribution in [-0.2, 0) is 4.79 Å². The van der Waals surface area contributed by atoms with Gasteiger partial charge in [0.1, 0.15) is 11.4 Å². The molecule has 0 spiro atoms. The lowest BCUT2D eigenvalue weighted by Crippen LogP contribution is -2.21. The first-order chi connectivity index (χ1) is 11.9. The number of halogens is 2. The number of alkyl halides is 2. The monoisotopic (exact) mass is 353 g/mol. The van der Waals surface area contributed by atoms with Crippen molar-refractivity contribution < 1.29 is 28.0 Å². The van der Waals surface area contributed by atoms with Crippen molar-refractivity contribution >= 4 is 17.4 Å². The highest BCUT2D eigenvalue weighted by Gasteiger charge is 2.19. The normalized spacial score (nSPS) is 10.4. The summed E-state index contributed by atoms with van der Waals surface area (Å²) >= 11 is 0. The third-order valence-electron chi connectivity index (χ3n) is 2.89. The Morgan fingerprint density at radius 1 is 1.28 bits per heavy atom. The Balaban J connectivity index is 2.04. The molecule has 2 rings (SSSR count). The molecule has 1 aromatic heterocycles. The summed E-state index contributed by atoms with van der Waals surface area (Å²) in [6, 6.07) is 8.42. The summed E-state index contributed by atoms with van der Waals surface area (Å²) in [5.41, 5.74) is 0.439. The summed E-state index contributed by atoms with van der Waals surface area (Å²) in [6.45, 7) is -2.05. The number of anilines is 1. The van der Waals surface area contributed by atoms with Gasteiger partial charge >= 0.3 is 12.4 Å². The van der Waals surface area contributed by atoms with E-state index in [0.717, 1.165) is 0 Å². The van der Waals surface area contributed by atoms with E-state index in [4.69, 9.17) is 4.74 Å². The fraction of sp³-hybridized carbons (Fsp3) is 0.200. The third-order valence-corrected chi connectivity index (χ3v) is 2.89. The van der Waals surface area contributed by atoms with E-state index in [9.17, 15) is 23.7 Å². The molecule has 132 valence electrons. The van der Waals surface area contributed by atoms with Crippen molar-refractivity contribution in [2.75, 3.05) is 11.9 Å². The van der Waals surface area contributed by atoms with Crippen molar-refractivity contribution in [2.24, 2.45) is 0 Å². The number of ether oxygens (including phenoxy) is 2. The molecule has 1 amide bonds. The topological polar surface area (TPSA) is 104 Å². The summed E-state index contributed by atoms with van der Waals surface area (Å²) in [5.74, 6) is -1.62. The second-order valence-electron chi connectivity index (χ2n) is 4.74. The molecule has 0 bridgehead atoms. The Kier molecular flexibility index (Phi) is 5.77. The average molecular weight is 353 g/mol. The molecule has 0 atom stereocenters. The van der Waals surface area contributed by atoms with E-state index < -0.39 is 29.9 Å². The number of para-hydroxylation sites is 2. The summed E-state index contributed by atoms with van der Waals surface area (Å²) < 4.78 is 34.0. The van der Waals surface area contributed by atoms with Gasteiger partial charge in [-0.15, -0.1) is 0 Å². The number of nitro groups is 1. The van der Waals surface area contributed by atoms with E-state index in [-0.39, 0.29) is 17.2 Å². The van der Waals surface area contributed by atoms with Crippen LogP contribution in [0.1, 0.15) is 5.69 Å². The van der Waals surface area contributed by atoms with Gasteiger partial charge in [-0.1, -0.05) is 12.1 Å². The molecule has 0 fully saturated rings. The number of aromatic nitrogens is 1. The molecular weight excluding hydrogens is 340 g/mol. The number of carbonyl (C=O) groups is 1. The minimum absolute atomic E-state index is 0.0212. The van der Waals surface area contributed by atoms with E-state index in [1.54, 1.807) is 6.92 Å². The van der Waals surface area contributed by atoms with Crippen molar-refractivity contribution in [3.63, 3.8) is 0 Å². The van der Waals surface area contributed by atoms with Crippen LogP contribution in [0.15, 0.2) is 36.4 Å². The highest BCUT2D eigenvalue weighted by Crippen LogP contribution is 2.26. The Morgan fingerprint density at radius 2 is 2.00 bits per heavy atom. The van der Waals surface area contributed by atoms with Crippen LogP contribution in [0.5, 0.6) is 11.5 Å². The largest absolute Gasteiger partial charge is 0.476 e. The first kappa shape index (κ1) is 18.0. The van der Waals surface area contributed by atoms with Crippen LogP contribution < -0.4 is 14.8 Å². The number of hydrogen-bond acceptors (Lipinski definition) is 6. The molecule has 0 saturated carbocycles.